The highest BCUT2D eigenvalue weighted by molar-refractivity contribution is 6.07. The van der Waals surface area contributed by atoms with Crippen LogP contribution in [0.5, 0.6) is 28.7 Å². The molecule has 0 saturated heterocycles. The number of H-pyrrole nitrogens is 1. The second-order valence-electron chi connectivity index (χ2n) is 11.6. The maximum absolute atomic E-state index is 13.6. The summed E-state index contributed by atoms with van der Waals surface area (Å²) in [6, 6.07) is 19.1. The minimum atomic E-state index is -0.637. The highest BCUT2D eigenvalue weighted by Gasteiger charge is 2.38. The van der Waals surface area contributed by atoms with Crippen molar-refractivity contribution >= 4 is 27.5 Å². The fourth-order valence-electron chi connectivity index (χ4n) is 6.27. The summed E-state index contributed by atoms with van der Waals surface area (Å²) in [5.74, 6) is -0.567. The van der Waals surface area contributed by atoms with Crippen LogP contribution in [0, 0.1) is 5.92 Å². The van der Waals surface area contributed by atoms with Crippen LogP contribution in [0.15, 0.2) is 66.9 Å². The van der Waals surface area contributed by atoms with Gasteiger partial charge in [-0.05, 0) is 70.8 Å². The number of phenols is 3. The molecule has 4 aromatic carbocycles. The second-order valence-corrected chi connectivity index (χ2v) is 11.6. The van der Waals surface area contributed by atoms with Crippen molar-refractivity contribution in [1.82, 2.24) is 4.98 Å². The summed E-state index contributed by atoms with van der Waals surface area (Å²) in [7, 11) is 1.37. The molecule has 0 spiro atoms. The maximum Gasteiger partial charge on any atom is 0.204 e. The van der Waals surface area contributed by atoms with Gasteiger partial charge < -0.3 is 29.8 Å². The Balaban J connectivity index is 1.51. The second kappa shape index (κ2) is 11.0. The summed E-state index contributed by atoms with van der Waals surface area (Å²) in [6.45, 7) is 4.32. The zero-order chi connectivity index (χ0) is 29.5. The highest BCUT2D eigenvalue weighted by Crippen LogP contribution is 2.55. The molecular weight excluding hydrogens is 530 g/mol. The number of aromatic hydroxyl groups is 3. The number of fused-ring (bicyclic) bond motifs is 4. The van der Waals surface area contributed by atoms with Crippen molar-refractivity contribution in [2.45, 2.75) is 51.6 Å². The molecule has 4 N–H and O–H groups in total. The van der Waals surface area contributed by atoms with Gasteiger partial charge in [0.05, 0.1) is 13.5 Å². The first-order valence-electron chi connectivity index (χ1n) is 14.4. The molecule has 1 aliphatic rings. The number of phenolic OH excluding ortho intramolecular Hbond substituents is 3. The summed E-state index contributed by atoms with van der Waals surface area (Å²) in [5, 5.41) is 35.9. The predicted octanol–water partition coefficient (Wildman–Crippen LogP) is 7.92. The molecule has 0 radical (unpaired) electrons. The van der Waals surface area contributed by atoms with Crippen LogP contribution in [0.4, 0.5) is 0 Å². The van der Waals surface area contributed by atoms with Gasteiger partial charge in [0, 0.05) is 22.7 Å². The summed E-state index contributed by atoms with van der Waals surface area (Å²) < 4.78 is 12.0. The van der Waals surface area contributed by atoms with Crippen LogP contribution < -0.4 is 9.47 Å². The van der Waals surface area contributed by atoms with Crippen LogP contribution in [0.3, 0.4) is 0 Å². The number of Topliss-reactive ketones (excluding diaryl/α,β-unsaturated/α-hetero) is 1. The molecule has 1 aliphatic heterocycles. The van der Waals surface area contributed by atoms with E-state index in [9.17, 15) is 20.1 Å². The number of carbonyl (C=O) groups excluding carboxylic acids is 1. The first-order valence-corrected chi connectivity index (χ1v) is 14.4. The van der Waals surface area contributed by atoms with E-state index < -0.39 is 11.9 Å². The fraction of sp³-hybridized carbons (Fsp3) is 0.286. The average molecular weight is 566 g/mol. The number of methoxy groups -OCH3 is 1. The van der Waals surface area contributed by atoms with E-state index in [1.165, 1.54) is 7.11 Å². The first-order chi connectivity index (χ1) is 20.3. The minimum Gasteiger partial charge on any atom is -0.508 e. The third kappa shape index (κ3) is 4.79. The minimum absolute atomic E-state index is 0.00531. The first kappa shape index (κ1) is 27.5. The molecule has 5 aromatic rings. The van der Waals surface area contributed by atoms with E-state index in [1.807, 2.05) is 6.20 Å². The fourth-order valence-corrected chi connectivity index (χ4v) is 6.27. The Labute approximate surface area is 244 Å². The predicted molar refractivity (Wildman–Crippen MR) is 163 cm³/mol. The van der Waals surface area contributed by atoms with Crippen LogP contribution in [-0.4, -0.2) is 33.2 Å². The number of ketones is 1. The smallest absolute Gasteiger partial charge is 0.204 e. The molecule has 6 rings (SSSR count). The zero-order valence-corrected chi connectivity index (χ0v) is 24.0. The van der Waals surface area contributed by atoms with E-state index in [2.05, 4.69) is 55.2 Å². The number of nitrogens with one attached hydrogen (secondary N) is 1. The van der Waals surface area contributed by atoms with Gasteiger partial charge in [0.2, 0.25) is 5.75 Å². The van der Waals surface area contributed by atoms with E-state index in [1.54, 1.807) is 24.3 Å². The van der Waals surface area contributed by atoms with Crippen LogP contribution >= 0.6 is 0 Å². The Morgan fingerprint density at radius 2 is 1.71 bits per heavy atom. The number of rotatable bonds is 8. The molecule has 0 amide bonds. The summed E-state index contributed by atoms with van der Waals surface area (Å²) >= 11 is 0. The molecule has 7 heteroatoms. The molecule has 42 heavy (non-hydrogen) atoms. The standard InChI is InChI=1S/C35H35NO6/c1-19(2)7-8-22(17-21-5-4-6-25-24(21)13-14-27-26(25)15-16-36-27)30-32(39)35(41-3)33(40)31-28(38)18-29(42-34(30)31)20-9-11-23(37)12-10-20/h4-6,9-16,19,22,29,36-37,39-40H,7-8,17-18H2,1-3H3/t22-,29?/m1/s1. The van der Waals surface area contributed by atoms with Crippen molar-refractivity contribution in [2.75, 3.05) is 7.11 Å². The summed E-state index contributed by atoms with van der Waals surface area (Å²) in [6.07, 6.45) is 3.48. The van der Waals surface area contributed by atoms with Gasteiger partial charge in [-0.1, -0.05) is 56.7 Å². The lowest BCUT2D eigenvalue weighted by molar-refractivity contribution is 0.0839. The number of hydrogen-bond donors (Lipinski definition) is 4. The van der Waals surface area contributed by atoms with Crippen molar-refractivity contribution in [2.24, 2.45) is 5.92 Å². The molecule has 0 saturated carbocycles. The lowest BCUT2D eigenvalue weighted by atomic mass is 9.81. The molecule has 0 bridgehead atoms. The third-order valence-corrected chi connectivity index (χ3v) is 8.42. The van der Waals surface area contributed by atoms with Gasteiger partial charge in [-0.25, -0.2) is 0 Å². The van der Waals surface area contributed by atoms with Gasteiger partial charge in [0.15, 0.2) is 17.3 Å². The quantitative estimate of drug-likeness (QED) is 0.152. The van der Waals surface area contributed by atoms with Gasteiger partial charge in [-0.15, -0.1) is 0 Å². The molecule has 1 aromatic heterocycles. The summed E-state index contributed by atoms with van der Waals surface area (Å²) in [4.78, 5) is 16.9. The molecule has 1 unspecified atom stereocenters. The number of ether oxygens (including phenoxy) is 2. The number of hydrogen-bond acceptors (Lipinski definition) is 6. The largest absolute Gasteiger partial charge is 0.508 e. The van der Waals surface area contributed by atoms with E-state index in [0.717, 1.165) is 45.6 Å². The normalized spacial score (nSPS) is 15.6. The topological polar surface area (TPSA) is 112 Å². The van der Waals surface area contributed by atoms with Gasteiger partial charge in [-0.2, -0.15) is 0 Å². The molecule has 7 nitrogen and oxygen atoms in total. The van der Waals surface area contributed by atoms with Gasteiger partial charge >= 0.3 is 0 Å². The number of carbonyl (C=O) groups is 1. The lowest BCUT2D eigenvalue weighted by Crippen LogP contribution is -2.23. The van der Waals surface area contributed by atoms with E-state index in [4.69, 9.17) is 9.47 Å². The van der Waals surface area contributed by atoms with Crippen LogP contribution in [0.25, 0.3) is 21.7 Å². The average Bonchev–Trinajstić information content (AvgIpc) is 3.46. The van der Waals surface area contributed by atoms with Crippen molar-refractivity contribution in [3.63, 3.8) is 0 Å². The Hall–Kier alpha value is -4.65. The van der Waals surface area contributed by atoms with E-state index in [-0.39, 0.29) is 46.7 Å². The molecule has 216 valence electrons. The Kier molecular flexibility index (Phi) is 7.19. The Morgan fingerprint density at radius 3 is 2.45 bits per heavy atom. The molecule has 0 fully saturated rings. The molecule has 2 atom stereocenters. The number of aromatic amines is 1. The maximum atomic E-state index is 13.6. The van der Waals surface area contributed by atoms with Crippen LogP contribution in [0.1, 0.15) is 72.2 Å². The Morgan fingerprint density at radius 1 is 0.929 bits per heavy atom. The third-order valence-electron chi connectivity index (χ3n) is 8.42. The molecule has 2 heterocycles. The van der Waals surface area contributed by atoms with Gasteiger partial charge in [0.25, 0.3) is 0 Å². The van der Waals surface area contributed by atoms with Crippen LogP contribution in [0.2, 0.25) is 0 Å². The van der Waals surface area contributed by atoms with E-state index in [0.29, 0.717) is 17.9 Å². The van der Waals surface area contributed by atoms with Crippen molar-refractivity contribution in [3.05, 3.63) is 89.1 Å². The monoisotopic (exact) mass is 565 g/mol. The van der Waals surface area contributed by atoms with E-state index >= 15 is 0 Å². The number of aromatic nitrogens is 1. The van der Waals surface area contributed by atoms with Crippen molar-refractivity contribution in [3.8, 4) is 28.7 Å². The van der Waals surface area contributed by atoms with Crippen molar-refractivity contribution in [1.29, 1.82) is 0 Å². The van der Waals surface area contributed by atoms with Crippen LogP contribution in [-0.2, 0) is 6.42 Å². The number of benzene rings is 4. The highest BCUT2D eigenvalue weighted by atomic mass is 16.5. The summed E-state index contributed by atoms with van der Waals surface area (Å²) in [5.41, 5.74) is 3.41. The molecular formula is C35H35NO6. The molecule has 0 aliphatic carbocycles. The van der Waals surface area contributed by atoms with Gasteiger partial charge in [-0.3, -0.25) is 4.79 Å². The Bertz CT molecular complexity index is 1790. The van der Waals surface area contributed by atoms with Crippen molar-refractivity contribution < 1.29 is 29.6 Å². The van der Waals surface area contributed by atoms with Gasteiger partial charge in [0.1, 0.15) is 23.2 Å². The lowest BCUT2D eigenvalue weighted by Gasteiger charge is -2.32. The zero-order valence-electron chi connectivity index (χ0n) is 24.0. The SMILES string of the molecule is COc1c(O)c2c(c([C@H](CCC(C)C)Cc3cccc4c3ccc3[nH]ccc34)c1O)OC(c1ccc(O)cc1)CC2=O.